The fraction of sp³-hybridized carbons (Fsp3) is 0.444. The van der Waals surface area contributed by atoms with Gasteiger partial charge in [-0.1, -0.05) is 12.1 Å². The number of hydrogen-bond donors (Lipinski definition) is 2. The molecule has 1 aliphatic carbocycles. The summed E-state index contributed by atoms with van der Waals surface area (Å²) in [4.78, 5) is 20.7. The van der Waals surface area contributed by atoms with E-state index < -0.39 is 12.5 Å². The van der Waals surface area contributed by atoms with Gasteiger partial charge >= 0.3 is 12.5 Å². The maximum atomic E-state index is 12.6. The van der Waals surface area contributed by atoms with E-state index >= 15 is 0 Å². The van der Waals surface area contributed by atoms with Crippen molar-refractivity contribution in [2.75, 3.05) is 19.6 Å². The number of ether oxygens (including phenoxy) is 2. The number of amides is 1. The number of alkyl halides is 3. The van der Waals surface area contributed by atoms with E-state index in [0.29, 0.717) is 29.9 Å². The Morgan fingerprint density at radius 1 is 1.29 bits per heavy atom. The van der Waals surface area contributed by atoms with Crippen molar-refractivity contribution in [2.45, 2.75) is 12.9 Å². The summed E-state index contributed by atoms with van der Waals surface area (Å²) in [6, 6.07) is 5.61. The molecule has 0 bridgehead atoms. The number of rotatable bonds is 6. The molecule has 4 rings (SSSR count). The molecular formula is C18H19F3N4O3. The molecule has 2 unspecified atom stereocenters. The van der Waals surface area contributed by atoms with E-state index in [1.165, 1.54) is 35.6 Å². The number of benzene rings is 1. The van der Waals surface area contributed by atoms with Gasteiger partial charge in [-0.2, -0.15) is 0 Å². The highest BCUT2D eigenvalue weighted by atomic mass is 19.4. The number of nitrogens with one attached hydrogen (secondary N) is 2. The Balaban J connectivity index is 1.46. The van der Waals surface area contributed by atoms with Crippen molar-refractivity contribution >= 4 is 6.09 Å². The summed E-state index contributed by atoms with van der Waals surface area (Å²) in [6.45, 7) is 2.44. The van der Waals surface area contributed by atoms with Crippen molar-refractivity contribution in [2.24, 2.45) is 17.8 Å². The number of carbonyl (C=O) groups excluding carboxylic acids is 1. The van der Waals surface area contributed by atoms with Crippen LogP contribution in [0.2, 0.25) is 0 Å². The molecule has 28 heavy (non-hydrogen) atoms. The molecule has 2 fully saturated rings. The smallest absolute Gasteiger partial charge is 0.406 e. The lowest BCUT2D eigenvalue weighted by Gasteiger charge is -2.23. The highest BCUT2D eigenvalue weighted by Gasteiger charge is 2.53. The van der Waals surface area contributed by atoms with Crippen LogP contribution < -0.4 is 14.8 Å². The number of halogens is 3. The molecule has 1 saturated carbocycles. The van der Waals surface area contributed by atoms with Crippen molar-refractivity contribution in [3.63, 3.8) is 0 Å². The topological polar surface area (TPSA) is 79.5 Å². The first-order chi connectivity index (χ1) is 13.4. The lowest BCUT2D eigenvalue weighted by atomic mass is 10.2. The van der Waals surface area contributed by atoms with Gasteiger partial charge in [-0.05, 0) is 48.5 Å². The van der Waals surface area contributed by atoms with E-state index in [1.807, 2.05) is 0 Å². The van der Waals surface area contributed by atoms with Gasteiger partial charge in [0.15, 0.2) is 0 Å². The molecule has 1 aromatic carbocycles. The van der Waals surface area contributed by atoms with Gasteiger partial charge in [-0.3, -0.25) is 0 Å². The Bertz CT molecular complexity index is 818. The Kier molecular flexibility index (Phi) is 4.88. The number of hydrogen-bond acceptors (Lipinski definition) is 5. The molecule has 7 nitrogen and oxygen atoms in total. The van der Waals surface area contributed by atoms with Crippen LogP contribution in [0.1, 0.15) is 5.56 Å². The summed E-state index contributed by atoms with van der Waals surface area (Å²) in [5.74, 6) is 1.24. The standard InChI is InChI=1S/C18H19F3N4O3/c19-18(20,21)28-12-3-1-2-11(4-12)8-25(9-15-13-5-22-6-14(13)15)17(26)27-16-7-23-10-24-16/h1-4,7,10,13-15,22H,5-6,8-9H2,(H,23,24). The van der Waals surface area contributed by atoms with Gasteiger partial charge in [-0.25, -0.2) is 9.78 Å². The van der Waals surface area contributed by atoms with E-state index in [9.17, 15) is 18.0 Å². The Labute approximate surface area is 158 Å². The summed E-state index contributed by atoms with van der Waals surface area (Å²) in [7, 11) is 0. The first kappa shape index (κ1) is 18.6. The van der Waals surface area contributed by atoms with Crippen LogP contribution in [-0.2, 0) is 6.54 Å². The van der Waals surface area contributed by atoms with Crippen LogP contribution in [0, 0.1) is 17.8 Å². The second-order valence-corrected chi connectivity index (χ2v) is 7.00. The SMILES string of the molecule is O=C(Oc1c[nH]cn1)N(Cc1cccc(OC(F)(F)F)c1)CC1C2CNCC21. The highest BCUT2D eigenvalue weighted by Crippen LogP contribution is 2.49. The number of aromatic amines is 1. The first-order valence-electron chi connectivity index (χ1n) is 8.90. The first-order valence-corrected chi connectivity index (χ1v) is 8.90. The van der Waals surface area contributed by atoms with Gasteiger partial charge in [-0.15, -0.1) is 13.2 Å². The molecule has 2 aliphatic rings. The van der Waals surface area contributed by atoms with Gasteiger partial charge in [0.05, 0.1) is 12.5 Å². The number of H-pyrrole nitrogens is 1. The van der Waals surface area contributed by atoms with E-state index in [1.54, 1.807) is 6.07 Å². The summed E-state index contributed by atoms with van der Waals surface area (Å²) in [6.07, 6.45) is -2.52. The normalized spacial score (nSPS) is 23.2. The van der Waals surface area contributed by atoms with Crippen molar-refractivity contribution in [3.8, 4) is 11.6 Å². The molecule has 1 amide bonds. The Morgan fingerprint density at radius 3 is 2.75 bits per heavy atom. The predicted octanol–water partition coefficient (Wildman–Crippen LogP) is 2.77. The van der Waals surface area contributed by atoms with Crippen LogP contribution in [0.15, 0.2) is 36.8 Å². The molecule has 1 saturated heterocycles. The van der Waals surface area contributed by atoms with Crippen LogP contribution >= 0.6 is 0 Å². The third-order valence-corrected chi connectivity index (χ3v) is 5.13. The quantitative estimate of drug-likeness (QED) is 0.785. The third-order valence-electron chi connectivity index (χ3n) is 5.13. The number of piperidine rings is 1. The number of nitrogens with zero attached hydrogens (tertiary/aromatic N) is 2. The van der Waals surface area contributed by atoms with Crippen molar-refractivity contribution in [3.05, 3.63) is 42.4 Å². The molecule has 0 radical (unpaired) electrons. The average Bonchev–Trinajstić information content (AvgIpc) is 3.02. The lowest BCUT2D eigenvalue weighted by molar-refractivity contribution is -0.274. The molecule has 1 aliphatic heterocycles. The predicted molar refractivity (Wildman–Crippen MR) is 91.5 cm³/mol. The molecule has 0 spiro atoms. The van der Waals surface area contributed by atoms with Crippen LogP contribution in [0.4, 0.5) is 18.0 Å². The van der Waals surface area contributed by atoms with Gasteiger partial charge in [0.1, 0.15) is 5.75 Å². The number of aromatic nitrogens is 2. The van der Waals surface area contributed by atoms with Gasteiger partial charge in [0.2, 0.25) is 5.88 Å². The van der Waals surface area contributed by atoms with E-state index in [0.717, 1.165) is 13.1 Å². The maximum absolute atomic E-state index is 12.6. The molecule has 1 aromatic heterocycles. The van der Waals surface area contributed by atoms with Crippen molar-refractivity contribution in [1.29, 1.82) is 0 Å². The Morgan fingerprint density at radius 2 is 2.07 bits per heavy atom. The number of carbonyl (C=O) groups is 1. The number of fused-ring (bicyclic) bond motifs is 1. The fourth-order valence-electron chi connectivity index (χ4n) is 3.79. The van der Waals surface area contributed by atoms with Gasteiger partial charge in [0.25, 0.3) is 0 Å². The Hall–Kier alpha value is -2.75. The zero-order valence-corrected chi connectivity index (χ0v) is 14.8. The molecule has 150 valence electrons. The minimum atomic E-state index is -4.77. The van der Waals surface area contributed by atoms with Crippen LogP contribution in [0.3, 0.4) is 0 Å². The van der Waals surface area contributed by atoms with Crippen LogP contribution in [0.25, 0.3) is 0 Å². The summed E-state index contributed by atoms with van der Waals surface area (Å²) >= 11 is 0. The molecule has 10 heteroatoms. The van der Waals surface area contributed by atoms with Crippen molar-refractivity contribution < 1.29 is 27.4 Å². The lowest BCUT2D eigenvalue weighted by Crippen LogP contribution is -2.36. The molecule has 2 aromatic rings. The molecule has 2 N–H and O–H groups in total. The van der Waals surface area contributed by atoms with Gasteiger partial charge < -0.3 is 24.7 Å². The largest absolute Gasteiger partial charge is 0.573 e. The minimum Gasteiger partial charge on any atom is -0.406 e. The average molecular weight is 396 g/mol. The van der Waals surface area contributed by atoms with E-state index in [2.05, 4.69) is 20.0 Å². The molecular weight excluding hydrogens is 377 g/mol. The second-order valence-electron chi connectivity index (χ2n) is 7.00. The summed E-state index contributed by atoms with van der Waals surface area (Å²) in [5, 5.41) is 3.30. The number of imidazole rings is 1. The highest BCUT2D eigenvalue weighted by molar-refractivity contribution is 5.70. The van der Waals surface area contributed by atoms with E-state index in [4.69, 9.17) is 4.74 Å². The molecule has 2 atom stereocenters. The maximum Gasteiger partial charge on any atom is 0.573 e. The zero-order valence-electron chi connectivity index (χ0n) is 14.8. The third kappa shape index (κ3) is 4.38. The van der Waals surface area contributed by atoms with Crippen LogP contribution in [-0.4, -0.2) is 47.0 Å². The van der Waals surface area contributed by atoms with Gasteiger partial charge in [0, 0.05) is 13.1 Å². The summed E-state index contributed by atoms with van der Waals surface area (Å²) < 4.78 is 46.6. The van der Waals surface area contributed by atoms with Crippen molar-refractivity contribution in [1.82, 2.24) is 20.2 Å². The van der Waals surface area contributed by atoms with E-state index in [-0.39, 0.29) is 18.2 Å². The fourth-order valence-corrected chi connectivity index (χ4v) is 3.79. The molecule has 2 heterocycles. The summed E-state index contributed by atoms with van der Waals surface area (Å²) in [5.41, 5.74) is 0.518. The monoisotopic (exact) mass is 396 g/mol. The minimum absolute atomic E-state index is 0.113. The second kappa shape index (κ2) is 7.34. The van der Waals surface area contributed by atoms with Crippen LogP contribution in [0.5, 0.6) is 11.6 Å². The zero-order chi connectivity index (χ0) is 19.7.